The largest absolute Gasteiger partial charge is 0.379 e. The highest BCUT2D eigenvalue weighted by Gasteiger charge is 2.29. The minimum atomic E-state index is -3.65. The molecule has 2 aliphatic rings. The van der Waals surface area contributed by atoms with Gasteiger partial charge in [-0.2, -0.15) is 4.31 Å². The first kappa shape index (κ1) is 21.5. The van der Waals surface area contributed by atoms with Crippen LogP contribution in [0, 0.1) is 0 Å². The highest BCUT2D eigenvalue weighted by atomic mass is 79.9. The van der Waals surface area contributed by atoms with E-state index in [0.29, 0.717) is 51.6 Å². The molecule has 0 saturated carbocycles. The molecule has 4 rings (SSSR count). The van der Waals surface area contributed by atoms with Gasteiger partial charge in [-0.3, -0.25) is 4.79 Å². The van der Waals surface area contributed by atoms with Gasteiger partial charge < -0.3 is 14.4 Å². The maximum Gasteiger partial charge on any atom is 0.254 e. The van der Waals surface area contributed by atoms with Crippen molar-refractivity contribution in [1.29, 1.82) is 0 Å². The molecule has 0 bridgehead atoms. The van der Waals surface area contributed by atoms with E-state index >= 15 is 0 Å². The molecule has 9 heteroatoms. The monoisotopic (exact) mass is 494 g/mol. The third-order valence-electron chi connectivity index (χ3n) is 5.28. The van der Waals surface area contributed by atoms with E-state index in [0.717, 1.165) is 10.0 Å². The second-order valence-corrected chi connectivity index (χ2v) is 10.1. The van der Waals surface area contributed by atoms with Crippen LogP contribution in [0.5, 0.6) is 0 Å². The average Bonchev–Trinajstić information content (AvgIpc) is 2.80. The lowest BCUT2D eigenvalue weighted by molar-refractivity contribution is -0.0228. The van der Waals surface area contributed by atoms with Crippen LogP contribution in [0.2, 0.25) is 0 Å². The van der Waals surface area contributed by atoms with Gasteiger partial charge in [-0.15, -0.1) is 0 Å². The molecule has 2 aromatic rings. The minimum Gasteiger partial charge on any atom is -0.379 e. The van der Waals surface area contributed by atoms with Gasteiger partial charge in [0.25, 0.3) is 5.91 Å². The molecular formula is C21H23BrN2O5S. The number of halogens is 1. The van der Waals surface area contributed by atoms with Crippen LogP contribution in [0.4, 0.5) is 0 Å². The second-order valence-electron chi connectivity index (χ2n) is 7.21. The van der Waals surface area contributed by atoms with Crippen molar-refractivity contribution in [3.8, 4) is 0 Å². The molecule has 1 amide bonds. The number of hydrogen-bond donors (Lipinski definition) is 0. The van der Waals surface area contributed by atoms with Gasteiger partial charge in [-0.1, -0.05) is 34.1 Å². The summed E-state index contributed by atoms with van der Waals surface area (Å²) < 4.78 is 39.3. The van der Waals surface area contributed by atoms with Crippen molar-refractivity contribution in [2.75, 3.05) is 46.0 Å². The van der Waals surface area contributed by atoms with E-state index in [2.05, 4.69) is 15.9 Å². The SMILES string of the molecule is O=C(c1cccc(S(=O)(=O)N2CCOCC2)c1)N1CCOC(c2ccc(Br)cc2)C1. The molecule has 7 nitrogen and oxygen atoms in total. The first-order valence-electron chi connectivity index (χ1n) is 9.79. The summed E-state index contributed by atoms with van der Waals surface area (Å²) in [4.78, 5) is 15.0. The van der Waals surface area contributed by atoms with Crippen LogP contribution in [-0.4, -0.2) is 69.5 Å². The predicted octanol–water partition coefficient (Wildman–Crippen LogP) is 2.68. The number of carbonyl (C=O) groups is 1. The molecule has 0 spiro atoms. The van der Waals surface area contributed by atoms with Gasteiger partial charge in [0, 0.05) is 29.7 Å². The van der Waals surface area contributed by atoms with E-state index in [1.54, 1.807) is 17.0 Å². The average molecular weight is 495 g/mol. The molecule has 2 saturated heterocycles. The predicted molar refractivity (Wildman–Crippen MR) is 115 cm³/mol. The van der Waals surface area contributed by atoms with Crippen molar-refractivity contribution >= 4 is 31.9 Å². The Kier molecular flexibility index (Phi) is 6.54. The molecule has 30 heavy (non-hydrogen) atoms. The molecule has 2 heterocycles. The zero-order valence-electron chi connectivity index (χ0n) is 16.4. The Morgan fingerprint density at radius 2 is 1.73 bits per heavy atom. The van der Waals surface area contributed by atoms with E-state index < -0.39 is 10.0 Å². The molecule has 0 aliphatic carbocycles. The zero-order chi connectivity index (χ0) is 21.1. The number of rotatable bonds is 4. The van der Waals surface area contributed by atoms with Gasteiger partial charge in [-0.05, 0) is 35.9 Å². The highest BCUT2D eigenvalue weighted by molar-refractivity contribution is 9.10. The number of benzene rings is 2. The lowest BCUT2D eigenvalue weighted by Gasteiger charge is -2.33. The Morgan fingerprint density at radius 1 is 1.00 bits per heavy atom. The van der Waals surface area contributed by atoms with Crippen LogP contribution in [0.1, 0.15) is 22.0 Å². The lowest BCUT2D eigenvalue weighted by atomic mass is 10.1. The maximum absolute atomic E-state index is 13.1. The van der Waals surface area contributed by atoms with Crippen molar-refractivity contribution in [2.24, 2.45) is 0 Å². The van der Waals surface area contributed by atoms with Crippen LogP contribution in [0.15, 0.2) is 57.9 Å². The Bertz CT molecular complexity index is 1010. The van der Waals surface area contributed by atoms with Gasteiger partial charge in [0.05, 0.1) is 31.3 Å². The summed E-state index contributed by atoms with van der Waals surface area (Å²) in [6.07, 6.45) is -0.212. The van der Waals surface area contributed by atoms with E-state index in [9.17, 15) is 13.2 Å². The minimum absolute atomic E-state index is 0.132. The summed E-state index contributed by atoms with van der Waals surface area (Å²) in [6, 6.07) is 14.1. The normalized spacial score (nSPS) is 20.8. The fourth-order valence-electron chi connectivity index (χ4n) is 3.62. The summed E-state index contributed by atoms with van der Waals surface area (Å²) in [6.45, 7) is 2.70. The Labute approximate surface area is 184 Å². The van der Waals surface area contributed by atoms with Gasteiger partial charge in [-0.25, -0.2) is 8.42 Å². The van der Waals surface area contributed by atoms with Crippen LogP contribution in [-0.2, 0) is 19.5 Å². The summed E-state index contributed by atoms with van der Waals surface area (Å²) in [5.41, 5.74) is 1.36. The molecule has 1 atom stereocenters. The van der Waals surface area contributed by atoms with Crippen LogP contribution >= 0.6 is 15.9 Å². The lowest BCUT2D eigenvalue weighted by Crippen LogP contribution is -2.42. The van der Waals surface area contributed by atoms with Crippen molar-refractivity contribution in [3.05, 3.63) is 64.1 Å². The van der Waals surface area contributed by atoms with Gasteiger partial charge >= 0.3 is 0 Å². The number of hydrogen-bond acceptors (Lipinski definition) is 5. The molecule has 2 aromatic carbocycles. The number of sulfonamides is 1. The highest BCUT2D eigenvalue weighted by Crippen LogP contribution is 2.25. The topological polar surface area (TPSA) is 76.2 Å². The summed E-state index contributed by atoms with van der Waals surface area (Å²) in [5, 5.41) is 0. The van der Waals surface area contributed by atoms with Crippen molar-refractivity contribution < 1.29 is 22.7 Å². The molecule has 0 radical (unpaired) electrons. The van der Waals surface area contributed by atoms with E-state index in [1.807, 2.05) is 24.3 Å². The fraction of sp³-hybridized carbons (Fsp3) is 0.381. The van der Waals surface area contributed by atoms with E-state index in [-0.39, 0.29) is 16.9 Å². The Hall–Kier alpha value is -1.78. The first-order chi connectivity index (χ1) is 14.4. The molecule has 160 valence electrons. The first-order valence-corrected chi connectivity index (χ1v) is 12.0. The quantitative estimate of drug-likeness (QED) is 0.652. The Balaban J connectivity index is 1.52. The van der Waals surface area contributed by atoms with Crippen molar-refractivity contribution in [2.45, 2.75) is 11.0 Å². The van der Waals surface area contributed by atoms with Crippen molar-refractivity contribution in [1.82, 2.24) is 9.21 Å². The molecule has 0 aromatic heterocycles. The number of nitrogens with zero attached hydrogens (tertiary/aromatic N) is 2. The van der Waals surface area contributed by atoms with Crippen LogP contribution in [0.3, 0.4) is 0 Å². The number of ether oxygens (including phenoxy) is 2. The van der Waals surface area contributed by atoms with Crippen molar-refractivity contribution in [3.63, 3.8) is 0 Å². The van der Waals surface area contributed by atoms with Gasteiger partial charge in [0.1, 0.15) is 6.10 Å². The second kappa shape index (κ2) is 9.15. The molecular weight excluding hydrogens is 472 g/mol. The molecule has 0 N–H and O–H groups in total. The molecule has 2 aliphatic heterocycles. The van der Waals surface area contributed by atoms with E-state index in [1.165, 1.54) is 16.4 Å². The van der Waals surface area contributed by atoms with Crippen LogP contribution < -0.4 is 0 Å². The van der Waals surface area contributed by atoms with Crippen LogP contribution in [0.25, 0.3) is 0 Å². The molecule has 2 fully saturated rings. The standard InChI is InChI=1S/C21H23BrN2O5S/c22-18-6-4-16(5-7-18)20-15-23(8-13-29-20)21(25)17-2-1-3-19(14-17)30(26,27)24-9-11-28-12-10-24/h1-7,14,20H,8-13,15H2. The third-order valence-corrected chi connectivity index (χ3v) is 7.71. The number of carbonyl (C=O) groups excluding carboxylic acids is 1. The Morgan fingerprint density at radius 3 is 2.47 bits per heavy atom. The summed E-state index contributed by atoms with van der Waals surface area (Å²) in [5.74, 6) is -0.195. The summed E-state index contributed by atoms with van der Waals surface area (Å²) >= 11 is 3.42. The fourth-order valence-corrected chi connectivity index (χ4v) is 5.34. The third kappa shape index (κ3) is 4.60. The van der Waals surface area contributed by atoms with Gasteiger partial charge in [0.2, 0.25) is 10.0 Å². The smallest absolute Gasteiger partial charge is 0.254 e. The number of morpholine rings is 2. The van der Waals surface area contributed by atoms with Gasteiger partial charge in [0.15, 0.2) is 0 Å². The maximum atomic E-state index is 13.1. The zero-order valence-corrected chi connectivity index (χ0v) is 18.8. The number of amides is 1. The molecule has 1 unspecified atom stereocenters. The van der Waals surface area contributed by atoms with E-state index in [4.69, 9.17) is 9.47 Å². The summed E-state index contributed by atoms with van der Waals surface area (Å²) in [7, 11) is -3.65.